The lowest BCUT2D eigenvalue weighted by Gasteiger charge is -2.30. The highest BCUT2D eigenvalue weighted by Crippen LogP contribution is 2.31. The Balaban J connectivity index is 1.58. The number of fused-ring (bicyclic) bond motifs is 2. The van der Waals surface area contributed by atoms with Gasteiger partial charge in [0.1, 0.15) is 16.9 Å². The van der Waals surface area contributed by atoms with E-state index >= 15 is 0 Å². The van der Waals surface area contributed by atoms with E-state index in [4.69, 9.17) is 9.15 Å². The summed E-state index contributed by atoms with van der Waals surface area (Å²) in [5.74, 6) is 1.28. The molecule has 1 amide bonds. The largest absolute Gasteiger partial charge is 0.497 e. The molecule has 8 nitrogen and oxygen atoms in total. The number of nitrogens with one attached hydrogen (secondary N) is 2. The topological polar surface area (TPSA) is 100 Å². The molecule has 0 bridgehead atoms. The van der Waals surface area contributed by atoms with Crippen LogP contribution in [0.25, 0.3) is 10.8 Å². The van der Waals surface area contributed by atoms with Crippen molar-refractivity contribution in [3.05, 3.63) is 45.6 Å². The maximum atomic E-state index is 12.7. The summed E-state index contributed by atoms with van der Waals surface area (Å²) in [6.45, 7) is 4.49. The Hall–Kier alpha value is -3.29. The van der Waals surface area contributed by atoms with Gasteiger partial charge in [0.2, 0.25) is 11.8 Å². The number of ether oxygens (including phenoxy) is 1. The van der Waals surface area contributed by atoms with Crippen LogP contribution in [0, 0.1) is 13.8 Å². The van der Waals surface area contributed by atoms with Gasteiger partial charge in [-0.15, -0.1) is 0 Å². The molecule has 0 fully saturated rings. The fourth-order valence-corrected chi connectivity index (χ4v) is 3.81. The first-order chi connectivity index (χ1) is 13.5. The highest BCUT2D eigenvalue weighted by molar-refractivity contribution is 6.02. The summed E-state index contributed by atoms with van der Waals surface area (Å²) in [6.07, 6.45) is 1.91. The number of carbonyl (C=O) groups excluding carboxylic acids is 1. The van der Waals surface area contributed by atoms with E-state index in [1.807, 2.05) is 23.1 Å². The average molecular weight is 382 g/mol. The number of carbonyl (C=O) groups is 1. The van der Waals surface area contributed by atoms with Crippen molar-refractivity contribution in [1.29, 1.82) is 0 Å². The second kappa shape index (κ2) is 7.03. The number of hydrogen-bond acceptors (Lipinski definition) is 6. The minimum absolute atomic E-state index is 0.163. The molecule has 0 saturated carbocycles. The van der Waals surface area contributed by atoms with E-state index < -0.39 is 0 Å². The second-order valence-corrected chi connectivity index (χ2v) is 6.94. The zero-order valence-corrected chi connectivity index (χ0v) is 16.1. The number of anilines is 2. The van der Waals surface area contributed by atoms with Crippen molar-refractivity contribution in [2.24, 2.45) is 0 Å². The highest BCUT2D eigenvalue weighted by atomic mass is 16.5. The highest BCUT2D eigenvalue weighted by Gasteiger charge is 2.22. The Morgan fingerprint density at radius 2 is 2.18 bits per heavy atom. The lowest BCUT2D eigenvalue weighted by molar-refractivity contribution is -0.115. The van der Waals surface area contributed by atoms with E-state index in [1.165, 1.54) is 0 Å². The van der Waals surface area contributed by atoms with Crippen LogP contribution in [0.2, 0.25) is 0 Å². The van der Waals surface area contributed by atoms with Crippen molar-refractivity contribution in [2.45, 2.75) is 26.7 Å². The van der Waals surface area contributed by atoms with Gasteiger partial charge < -0.3 is 14.1 Å². The molecule has 1 aliphatic rings. The van der Waals surface area contributed by atoms with Crippen LogP contribution in [0.3, 0.4) is 0 Å². The van der Waals surface area contributed by atoms with Crippen LogP contribution in [0.4, 0.5) is 11.6 Å². The van der Waals surface area contributed by atoms with Crippen LogP contribution >= 0.6 is 0 Å². The Bertz CT molecular complexity index is 1120. The van der Waals surface area contributed by atoms with Crippen LogP contribution < -0.4 is 20.5 Å². The van der Waals surface area contributed by atoms with Gasteiger partial charge in [-0.25, -0.2) is 5.10 Å². The van der Waals surface area contributed by atoms with Gasteiger partial charge in [-0.3, -0.25) is 14.9 Å². The summed E-state index contributed by atoms with van der Waals surface area (Å²) in [7, 11) is 1.64. The van der Waals surface area contributed by atoms with Crippen LogP contribution in [-0.2, 0) is 11.2 Å². The van der Waals surface area contributed by atoms with Crippen molar-refractivity contribution in [3.63, 3.8) is 0 Å². The third kappa shape index (κ3) is 3.11. The molecule has 4 rings (SSSR count). The number of benzene rings is 1. The maximum Gasteiger partial charge on any atom is 0.277 e. The van der Waals surface area contributed by atoms with E-state index in [-0.39, 0.29) is 23.9 Å². The summed E-state index contributed by atoms with van der Waals surface area (Å²) in [5, 5.41) is 10.1. The smallest absolute Gasteiger partial charge is 0.277 e. The summed E-state index contributed by atoms with van der Waals surface area (Å²) in [5.41, 5.74) is 2.45. The fraction of sp³-hybridized carbons (Fsp3) is 0.350. The standard InChI is InChI=1S/C20H22N4O4/c1-11-17-12(2)28-20(18(17)19(26)23-22-11)21-16(25)10-24-8-4-5-13-9-14(27-3)6-7-15(13)24/h6-7,9H,4-5,8,10H2,1-3H3,(H,21,25)(H,23,26). The van der Waals surface area contributed by atoms with E-state index in [9.17, 15) is 9.59 Å². The zero-order chi connectivity index (χ0) is 19.8. The van der Waals surface area contributed by atoms with E-state index in [0.717, 1.165) is 36.4 Å². The maximum absolute atomic E-state index is 12.7. The number of aromatic amines is 1. The molecule has 0 unspecified atom stereocenters. The minimum Gasteiger partial charge on any atom is -0.497 e. The van der Waals surface area contributed by atoms with Gasteiger partial charge in [-0.05, 0) is 50.5 Å². The monoisotopic (exact) mass is 382 g/mol. The second-order valence-electron chi connectivity index (χ2n) is 6.94. The van der Waals surface area contributed by atoms with Crippen molar-refractivity contribution in [2.75, 3.05) is 30.4 Å². The summed E-state index contributed by atoms with van der Waals surface area (Å²) in [6, 6.07) is 5.89. The Kier molecular flexibility index (Phi) is 4.54. The van der Waals surface area contributed by atoms with Gasteiger partial charge in [-0.1, -0.05) is 0 Å². The molecule has 146 valence electrons. The molecule has 0 saturated heterocycles. The molecule has 8 heteroatoms. The third-order valence-electron chi connectivity index (χ3n) is 5.09. The number of H-pyrrole nitrogens is 1. The van der Waals surface area contributed by atoms with Crippen molar-refractivity contribution in [1.82, 2.24) is 10.2 Å². The predicted molar refractivity (Wildman–Crippen MR) is 106 cm³/mol. The van der Waals surface area contributed by atoms with Gasteiger partial charge in [0.25, 0.3) is 5.56 Å². The van der Waals surface area contributed by atoms with Crippen LogP contribution in [0.15, 0.2) is 27.4 Å². The van der Waals surface area contributed by atoms with Crippen molar-refractivity contribution >= 4 is 28.3 Å². The first-order valence-electron chi connectivity index (χ1n) is 9.18. The molecule has 1 aliphatic heterocycles. The van der Waals surface area contributed by atoms with Crippen LogP contribution in [-0.4, -0.2) is 36.3 Å². The number of furan rings is 1. The molecule has 28 heavy (non-hydrogen) atoms. The van der Waals surface area contributed by atoms with E-state index in [2.05, 4.69) is 15.5 Å². The Labute approximate surface area is 161 Å². The first-order valence-corrected chi connectivity index (χ1v) is 9.18. The number of nitrogens with zero attached hydrogens (tertiary/aromatic N) is 2. The molecular formula is C20H22N4O4. The van der Waals surface area contributed by atoms with Crippen molar-refractivity contribution < 1.29 is 13.9 Å². The van der Waals surface area contributed by atoms with Crippen molar-refractivity contribution in [3.8, 4) is 5.75 Å². The molecule has 2 N–H and O–H groups in total. The quantitative estimate of drug-likeness (QED) is 0.719. The van der Waals surface area contributed by atoms with E-state index in [0.29, 0.717) is 22.2 Å². The Morgan fingerprint density at radius 1 is 1.36 bits per heavy atom. The summed E-state index contributed by atoms with van der Waals surface area (Å²) < 4.78 is 11.0. The predicted octanol–water partition coefficient (Wildman–Crippen LogP) is 2.53. The lowest BCUT2D eigenvalue weighted by atomic mass is 10.0. The Morgan fingerprint density at radius 3 is 2.96 bits per heavy atom. The van der Waals surface area contributed by atoms with Gasteiger partial charge in [-0.2, -0.15) is 5.10 Å². The number of methoxy groups -OCH3 is 1. The minimum atomic E-state index is -0.386. The molecule has 2 aromatic heterocycles. The third-order valence-corrected chi connectivity index (χ3v) is 5.09. The molecule has 0 radical (unpaired) electrons. The van der Waals surface area contributed by atoms with Gasteiger partial charge >= 0.3 is 0 Å². The molecule has 3 aromatic rings. The molecule has 0 spiro atoms. The normalized spacial score (nSPS) is 13.5. The van der Waals surface area contributed by atoms with Crippen LogP contribution in [0.5, 0.6) is 5.75 Å². The SMILES string of the molecule is COc1ccc2c(c1)CCCN2CC(=O)Nc1oc(C)c2c(C)n[nH]c(=O)c12. The van der Waals surface area contributed by atoms with Gasteiger partial charge in [0.05, 0.1) is 24.7 Å². The van der Waals surface area contributed by atoms with E-state index in [1.54, 1.807) is 21.0 Å². The average Bonchev–Trinajstić information content (AvgIpc) is 3.01. The van der Waals surface area contributed by atoms with Crippen LogP contribution in [0.1, 0.15) is 23.4 Å². The zero-order valence-electron chi connectivity index (χ0n) is 16.1. The number of rotatable bonds is 4. The summed E-state index contributed by atoms with van der Waals surface area (Å²) in [4.78, 5) is 26.9. The van der Waals surface area contributed by atoms with Gasteiger partial charge in [0.15, 0.2) is 0 Å². The first kappa shape index (κ1) is 18.1. The number of aromatic nitrogens is 2. The molecular weight excluding hydrogens is 360 g/mol. The molecule has 1 aromatic carbocycles. The number of hydrogen-bond donors (Lipinski definition) is 2. The molecule has 3 heterocycles. The number of aryl methyl sites for hydroxylation is 3. The fourth-order valence-electron chi connectivity index (χ4n) is 3.81. The number of amides is 1. The molecule has 0 atom stereocenters. The van der Waals surface area contributed by atoms with Gasteiger partial charge in [0, 0.05) is 12.2 Å². The summed E-state index contributed by atoms with van der Waals surface area (Å²) >= 11 is 0. The molecule has 0 aliphatic carbocycles. The lowest BCUT2D eigenvalue weighted by Crippen LogP contribution is -2.36.